The molecule has 0 aromatic carbocycles. The largest absolute Gasteiger partial charge is 0.0836 e. The third-order valence-electron chi connectivity index (χ3n) is 3.03. The number of fused-ring (bicyclic) bond motifs is 2. The summed E-state index contributed by atoms with van der Waals surface area (Å²) in [5.74, 6) is 0.602. The van der Waals surface area contributed by atoms with Crippen LogP contribution >= 0.6 is 0 Å². The fourth-order valence-corrected chi connectivity index (χ4v) is 2.35. The molecule has 0 aromatic heterocycles. The molecule has 0 heterocycles. The minimum atomic E-state index is 0.602. The van der Waals surface area contributed by atoms with Crippen LogP contribution in [0.1, 0.15) is 12.8 Å². The number of rotatable bonds is 0. The lowest BCUT2D eigenvalue weighted by Gasteiger charge is -2.24. The summed E-state index contributed by atoms with van der Waals surface area (Å²) in [4.78, 5) is 0. The van der Waals surface area contributed by atoms with Crippen LogP contribution in [0.3, 0.4) is 0 Å². The molecule has 0 aromatic rings. The molecule has 0 heteroatoms. The molecule has 1 atom stereocenters. The van der Waals surface area contributed by atoms with E-state index in [-0.39, 0.29) is 0 Å². The van der Waals surface area contributed by atoms with Gasteiger partial charge in [0.15, 0.2) is 0 Å². The van der Waals surface area contributed by atoms with Gasteiger partial charge in [-0.15, -0.1) is 0 Å². The van der Waals surface area contributed by atoms with Gasteiger partial charge in [-0.3, -0.25) is 0 Å². The Kier molecular flexibility index (Phi) is 1.42. The molecule has 3 aliphatic rings. The van der Waals surface area contributed by atoms with E-state index in [0.29, 0.717) is 5.92 Å². The summed E-state index contributed by atoms with van der Waals surface area (Å²) in [5, 5.41) is 0. The SMILES string of the molecule is C1=CC2C(=C1)C=CC1=C2CCC=C1. The van der Waals surface area contributed by atoms with Crippen LogP contribution < -0.4 is 0 Å². The molecule has 0 amide bonds. The molecule has 0 radical (unpaired) electrons. The van der Waals surface area contributed by atoms with E-state index in [9.17, 15) is 0 Å². The van der Waals surface area contributed by atoms with E-state index in [2.05, 4.69) is 42.5 Å². The molecule has 0 saturated carbocycles. The molecule has 0 bridgehead atoms. The van der Waals surface area contributed by atoms with Gasteiger partial charge in [0, 0.05) is 5.92 Å². The van der Waals surface area contributed by atoms with Gasteiger partial charge in [0.2, 0.25) is 0 Å². The van der Waals surface area contributed by atoms with Gasteiger partial charge in [-0.1, -0.05) is 48.1 Å². The highest BCUT2D eigenvalue weighted by molar-refractivity contribution is 5.54. The molecule has 0 fully saturated rings. The maximum atomic E-state index is 2.31. The lowest BCUT2D eigenvalue weighted by Crippen LogP contribution is -2.09. The zero-order valence-electron chi connectivity index (χ0n) is 7.53. The first-order valence-electron chi connectivity index (χ1n) is 4.91. The normalized spacial score (nSPS) is 28.9. The highest BCUT2D eigenvalue weighted by Gasteiger charge is 2.23. The van der Waals surface area contributed by atoms with Crippen molar-refractivity contribution in [1.29, 1.82) is 0 Å². The quantitative estimate of drug-likeness (QED) is 0.520. The monoisotopic (exact) mass is 168 g/mol. The Balaban J connectivity index is 2.12. The maximum Gasteiger partial charge on any atom is 0.0240 e. The summed E-state index contributed by atoms with van der Waals surface area (Å²) in [6.45, 7) is 0. The Labute approximate surface area is 78.7 Å². The summed E-state index contributed by atoms with van der Waals surface area (Å²) in [5.41, 5.74) is 4.53. The topological polar surface area (TPSA) is 0 Å². The van der Waals surface area contributed by atoms with Crippen molar-refractivity contribution < 1.29 is 0 Å². The van der Waals surface area contributed by atoms with Crippen molar-refractivity contribution in [3.8, 4) is 0 Å². The van der Waals surface area contributed by atoms with Gasteiger partial charge in [0.1, 0.15) is 0 Å². The molecule has 0 spiro atoms. The van der Waals surface area contributed by atoms with E-state index in [0.717, 1.165) is 0 Å². The molecule has 0 N–H and O–H groups in total. The van der Waals surface area contributed by atoms with E-state index >= 15 is 0 Å². The second-order valence-electron chi connectivity index (χ2n) is 3.78. The van der Waals surface area contributed by atoms with Gasteiger partial charge >= 0.3 is 0 Å². The van der Waals surface area contributed by atoms with Crippen LogP contribution in [0.4, 0.5) is 0 Å². The molecule has 3 rings (SSSR count). The third-order valence-corrected chi connectivity index (χ3v) is 3.03. The molecule has 0 saturated heterocycles. The average molecular weight is 168 g/mol. The molecule has 3 aliphatic carbocycles. The van der Waals surface area contributed by atoms with E-state index in [4.69, 9.17) is 0 Å². The van der Waals surface area contributed by atoms with Crippen molar-refractivity contribution >= 4 is 0 Å². The first-order valence-corrected chi connectivity index (χ1v) is 4.91. The first kappa shape index (κ1) is 7.14. The fraction of sp³-hybridized carbons (Fsp3) is 0.231. The van der Waals surface area contributed by atoms with Gasteiger partial charge in [-0.2, -0.15) is 0 Å². The molecule has 0 aliphatic heterocycles. The second kappa shape index (κ2) is 2.59. The zero-order chi connectivity index (χ0) is 8.67. The predicted octanol–water partition coefficient (Wildman–Crippen LogP) is 3.32. The summed E-state index contributed by atoms with van der Waals surface area (Å²) < 4.78 is 0. The van der Waals surface area contributed by atoms with Gasteiger partial charge in [0.05, 0.1) is 0 Å². The van der Waals surface area contributed by atoms with Crippen LogP contribution in [-0.4, -0.2) is 0 Å². The maximum absolute atomic E-state index is 2.31. The summed E-state index contributed by atoms with van der Waals surface area (Å²) in [6, 6.07) is 0. The summed E-state index contributed by atoms with van der Waals surface area (Å²) in [6.07, 6.45) is 18.2. The Morgan fingerprint density at radius 2 is 2.15 bits per heavy atom. The van der Waals surface area contributed by atoms with Crippen LogP contribution in [-0.2, 0) is 0 Å². The Hall–Kier alpha value is -1.30. The Morgan fingerprint density at radius 1 is 1.15 bits per heavy atom. The molecule has 64 valence electrons. The summed E-state index contributed by atoms with van der Waals surface area (Å²) >= 11 is 0. The minimum Gasteiger partial charge on any atom is -0.0836 e. The minimum absolute atomic E-state index is 0.602. The van der Waals surface area contributed by atoms with Crippen molar-refractivity contribution in [3.05, 3.63) is 59.3 Å². The van der Waals surface area contributed by atoms with Crippen LogP contribution in [0.25, 0.3) is 0 Å². The van der Waals surface area contributed by atoms with Gasteiger partial charge in [-0.25, -0.2) is 0 Å². The van der Waals surface area contributed by atoms with Crippen molar-refractivity contribution in [2.75, 3.05) is 0 Å². The van der Waals surface area contributed by atoms with Crippen molar-refractivity contribution in [1.82, 2.24) is 0 Å². The Morgan fingerprint density at radius 3 is 3.15 bits per heavy atom. The van der Waals surface area contributed by atoms with Crippen molar-refractivity contribution in [3.63, 3.8) is 0 Å². The van der Waals surface area contributed by atoms with Crippen LogP contribution in [0.15, 0.2) is 59.3 Å². The number of hydrogen-bond acceptors (Lipinski definition) is 0. The highest BCUT2D eigenvalue weighted by atomic mass is 14.3. The second-order valence-corrected chi connectivity index (χ2v) is 3.78. The zero-order valence-corrected chi connectivity index (χ0v) is 7.53. The van der Waals surface area contributed by atoms with E-state index in [1.807, 2.05) is 0 Å². The molecule has 13 heavy (non-hydrogen) atoms. The van der Waals surface area contributed by atoms with Crippen molar-refractivity contribution in [2.45, 2.75) is 12.8 Å². The predicted molar refractivity (Wildman–Crippen MR) is 55.3 cm³/mol. The fourth-order valence-electron chi connectivity index (χ4n) is 2.35. The first-order chi connectivity index (χ1) is 6.45. The third kappa shape index (κ3) is 0.983. The van der Waals surface area contributed by atoms with Gasteiger partial charge in [-0.05, 0) is 24.0 Å². The lowest BCUT2D eigenvalue weighted by atomic mass is 9.81. The lowest BCUT2D eigenvalue weighted by molar-refractivity contribution is 0.800. The Bertz CT molecular complexity index is 386. The van der Waals surface area contributed by atoms with E-state index in [1.165, 1.54) is 24.0 Å². The molecular formula is C13H12. The smallest absolute Gasteiger partial charge is 0.0240 e. The molecule has 0 nitrogen and oxygen atoms in total. The number of allylic oxidation sites excluding steroid dienone is 10. The average Bonchev–Trinajstić information content (AvgIpc) is 2.65. The van der Waals surface area contributed by atoms with Gasteiger partial charge in [0.25, 0.3) is 0 Å². The van der Waals surface area contributed by atoms with E-state index in [1.54, 1.807) is 5.57 Å². The van der Waals surface area contributed by atoms with Crippen LogP contribution in [0, 0.1) is 5.92 Å². The van der Waals surface area contributed by atoms with Crippen LogP contribution in [0.2, 0.25) is 0 Å². The standard InChI is InChI=1S/C13H12/c1-2-6-12-10(4-1)8-9-11-5-3-7-13(11)12/h1,3-5,7-9,13H,2,6H2. The highest BCUT2D eigenvalue weighted by Crippen LogP contribution is 2.38. The van der Waals surface area contributed by atoms with Crippen LogP contribution in [0.5, 0.6) is 0 Å². The van der Waals surface area contributed by atoms with E-state index < -0.39 is 0 Å². The molecular weight excluding hydrogens is 156 g/mol. The molecule has 1 unspecified atom stereocenters. The number of hydrogen-bond donors (Lipinski definition) is 0. The summed E-state index contributed by atoms with van der Waals surface area (Å²) in [7, 11) is 0. The van der Waals surface area contributed by atoms with Gasteiger partial charge < -0.3 is 0 Å². The van der Waals surface area contributed by atoms with Crippen molar-refractivity contribution in [2.24, 2.45) is 5.92 Å².